The van der Waals surface area contributed by atoms with Crippen LogP contribution in [-0.4, -0.2) is 11.2 Å². The molecule has 0 N–H and O–H groups in total. The second kappa shape index (κ2) is 3.61. The predicted molar refractivity (Wildman–Crippen MR) is 46.1 cm³/mol. The van der Waals surface area contributed by atoms with Crippen molar-refractivity contribution in [3.63, 3.8) is 0 Å². The molecule has 0 unspecified atom stereocenters. The van der Waals surface area contributed by atoms with Crippen molar-refractivity contribution in [2.75, 3.05) is 0 Å². The molecule has 68 valence electrons. The lowest BCUT2D eigenvalue weighted by atomic mass is 10.2. The average Bonchev–Trinajstić information content (AvgIpc) is 2.04. The number of hydrogen-bond acceptors (Lipinski definition) is 3. The van der Waals surface area contributed by atoms with Gasteiger partial charge in [-0.1, -0.05) is 0 Å². The summed E-state index contributed by atoms with van der Waals surface area (Å²) in [5.41, 5.74) is -1.04. The maximum Gasteiger partial charge on any atom is 0.305 e. The molecule has 0 heterocycles. The van der Waals surface area contributed by atoms with E-state index < -0.39 is 16.4 Å². The van der Waals surface area contributed by atoms with Gasteiger partial charge in [-0.2, -0.15) is 4.39 Å². The van der Waals surface area contributed by atoms with Crippen LogP contribution in [0.2, 0.25) is 0 Å². The first-order valence-electron chi connectivity index (χ1n) is 3.15. The molecule has 0 aliphatic rings. The standard InChI is InChI=1S/C7H3BrFNO3/c8-5-1-2-6(10(12)13)7(9)4(5)3-11/h1-3H. The van der Waals surface area contributed by atoms with E-state index in [2.05, 4.69) is 15.9 Å². The number of halogens is 2. The second-order valence-corrected chi connectivity index (χ2v) is 3.02. The molecular weight excluding hydrogens is 245 g/mol. The van der Waals surface area contributed by atoms with Gasteiger partial charge in [0, 0.05) is 10.5 Å². The average molecular weight is 248 g/mol. The van der Waals surface area contributed by atoms with E-state index in [9.17, 15) is 19.3 Å². The molecule has 0 fully saturated rings. The summed E-state index contributed by atoms with van der Waals surface area (Å²) >= 11 is 2.90. The molecular formula is C7H3BrFNO3. The molecule has 0 spiro atoms. The molecule has 0 aliphatic carbocycles. The minimum absolute atomic E-state index is 0.200. The summed E-state index contributed by atoms with van der Waals surface area (Å²) in [5, 5.41) is 10.2. The minimum atomic E-state index is -1.12. The molecule has 13 heavy (non-hydrogen) atoms. The number of nitrogens with zero attached hydrogens (tertiary/aromatic N) is 1. The number of nitro benzene ring substituents is 1. The summed E-state index contributed by atoms with van der Waals surface area (Å²) in [6, 6.07) is 2.25. The summed E-state index contributed by atoms with van der Waals surface area (Å²) in [4.78, 5) is 19.7. The number of carbonyl (C=O) groups excluding carboxylic acids is 1. The van der Waals surface area contributed by atoms with Gasteiger partial charge in [0.1, 0.15) is 0 Å². The predicted octanol–water partition coefficient (Wildman–Crippen LogP) is 2.31. The molecule has 0 radical (unpaired) electrons. The molecule has 1 aromatic carbocycles. The van der Waals surface area contributed by atoms with E-state index in [4.69, 9.17) is 0 Å². The highest BCUT2D eigenvalue weighted by atomic mass is 79.9. The highest BCUT2D eigenvalue weighted by Gasteiger charge is 2.19. The number of carbonyl (C=O) groups is 1. The maximum absolute atomic E-state index is 13.1. The van der Waals surface area contributed by atoms with E-state index >= 15 is 0 Å². The van der Waals surface area contributed by atoms with Gasteiger partial charge in [0.25, 0.3) is 0 Å². The van der Waals surface area contributed by atoms with Crippen LogP contribution in [-0.2, 0) is 0 Å². The molecule has 0 bridgehead atoms. The van der Waals surface area contributed by atoms with Crippen molar-refractivity contribution < 1.29 is 14.1 Å². The third kappa shape index (κ3) is 1.72. The Hall–Kier alpha value is -1.30. The first-order valence-corrected chi connectivity index (χ1v) is 3.94. The monoisotopic (exact) mass is 247 g/mol. The molecule has 1 rings (SSSR count). The van der Waals surface area contributed by atoms with Crippen molar-refractivity contribution in [3.8, 4) is 0 Å². The van der Waals surface area contributed by atoms with Crippen LogP contribution in [0.25, 0.3) is 0 Å². The van der Waals surface area contributed by atoms with Crippen molar-refractivity contribution >= 4 is 27.9 Å². The van der Waals surface area contributed by atoms with Crippen LogP contribution in [0.5, 0.6) is 0 Å². The van der Waals surface area contributed by atoms with Crippen LogP contribution >= 0.6 is 15.9 Å². The normalized spacial score (nSPS) is 9.69. The molecule has 0 amide bonds. The number of rotatable bonds is 2. The fraction of sp³-hybridized carbons (Fsp3) is 0. The molecule has 0 atom stereocenters. The molecule has 1 aromatic rings. The zero-order valence-corrected chi connectivity index (χ0v) is 7.75. The zero-order chi connectivity index (χ0) is 10.0. The van der Waals surface area contributed by atoms with E-state index in [1.807, 2.05) is 0 Å². The largest absolute Gasteiger partial charge is 0.305 e. The summed E-state index contributed by atoms with van der Waals surface area (Å²) in [5.74, 6) is -1.12. The second-order valence-electron chi connectivity index (χ2n) is 2.17. The van der Waals surface area contributed by atoms with Crippen LogP contribution in [0.1, 0.15) is 10.4 Å². The van der Waals surface area contributed by atoms with Gasteiger partial charge in [0.15, 0.2) is 6.29 Å². The Morgan fingerprint density at radius 1 is 1.54 bits per heavy atom. The summed E-state index contributed by atoms with van der Waals surface area (Å²) in [6.07, 6.45) is 0.229. The van der Waals surface area contributed by atoms with Gasteiger partial charge < -0.3 is 0 Å². The van der Waals surface area contributed by atoms with Crippen LogP contribution in [0, 0.1) is 15.9 Å². The topological polar surface area (TPSA) is 60.2 Å². The van der Waals surface area contributed by atoms with Gasteiger partial charge in [-0.25, -0.2) is 0 Å². The Bertz CT molecular complexity index is 380. The minimum Gasteiger partial charge on any atom is -0.298 e. The van der Waals surface area contributed by atoms with Crippen LogP contribution < -0.4 is 0 Å². The number of nitro groups is 1. The SMILES string of the molecule is O=Cc1c(Br)ccc([N+](=O)[O-])c1F. The van der Waals surface area contributed by atoms with Crippen LogP contribution in [0.4, 0.5) is 10.1 Å². The van der Waals surface area contributed by atoms with Gasteiger partial charge in [-0.15, -0.1) is 0 Å². The van der Waals surface area contributed by atoms with Gasteiger partial charge >= 0.3 is 5.69 Å². The van der Waals surface area contributed by atoms with E-state index in [0.29, 0.717) is 0 Å². The summed E-state index contributed by atoms with van der Waals surface area (Å²) < 4.78 is 13.3. The lowest BCUT2D eigenvalue weighted by Gasteiger charge is -1.98. The van der Waals surface area contributed by atoms with Gasteiger partial charge in [-0.3, -0.25) is 14.9 Å². The Labute approximate surface area is 80.6 Å². The van der Waals surface area contributed by atoms with E-state index in [-0.39, 0.29) is 16.3 Å². The number of benzene rings is 1. The quantitative estimate of drug-likeness (QED) is 0.458. The molecule has 0 aromatic heterocycles. The van der Waals surface area contributed by atoms with Crippen molar-refractivity contribution in [1.82, 2.24) is 0 Å². The van der Waals surface area contributed by atoms with Crippen molar-refractivity contribution in [2.45, 2.75) is 0 Å². The Morgan fingerprint density at radius 3 is 2.62 bits per heavy atom. The van der Waals surface area contributed by atoms with E-state index in [0.717, 1.165) is 6.07 Å². The van der Waals surface area contributed by atoms with Gasteiger partial charge in [0.05, 0.1) is 10.5 Å². The first-order chi connectivity index (χ1) is 6.07. The lowest BCUT2D eigenvalue weighted by Crippen LogP contribution is -1.97. The fourth-order valence-corrected chi connectivity index (χ4v) is 1.21. The number of aldehydes is 1. The van der Waals surface area contributed by atoms with Crippen molar-refractivity contribution in [3.05, 3.63) is 38.1 Å². The lowest BCUT2D eigenvalue weighted by molar-refractivity contribution is -0.387. The van der Waals surface area contributed by atoms with Crippen LogP contribution in [0.15, 0.2) is 16.6 Å². The van der Waals surface area contributed by atoms with E-state index in [1.54, 1.807) is 0 Å². The molecule has 0 saturated heterocycles. The highest BCUT2D eigenvalue weighted by molar-refractivity contribution is 9.10. The third-order valence-corrected chi connectivity index (χ3v) is 2.11. The number of hydrogen-bond donors (Lipinski definition) is 0. The molecule has 0 aliphatic heterocycles. The molecule has 0 saturated carbocycles. The first kappa shape index (κ1) is 9.79. The third-order valence-electron chi connectivity index (χ3n) is 1.42. The smallest absolute Gasteiger partial charge is 0.298 e. The van der Waals surface area contributed by atoms with Crippen molar-refractivity contribution in [2.24, 2.45) is 0 Å². The van der Waals surface area contributed by atoms with Crippen molar-refractivity contribution in [1.29, 1.82) is 0 Å². The van der Waals surface area contributed by atoms with Gasteiger partial charge in [-0.05, 0) is 22.0 Å². The molecule has 4 nitrogen and oxygen atoms in total. The highest BCUT2D eigenvalue weighted by Crippen LogP contribution is 2.25. The Kier molecular flexibility index (Phi) is 2.72. The fourth-order valence-electron chi connectivity index (χ4n) is 0.807. The van der Waals surface area contributed by atoms with Gasteiger partial charge in [0.2, 0.25) is 5.82 Å². The Balaban J connectivity index is 3.44. The summed E-state index contributed by atoms with van der Waals surface area (Å²) in [7, 11) is 0. The van der Waals surface area contributed by atoms with E-state index in [1.165, 1.54) is 6.07 Å². The van der Waals surface area contributed by atoms with Crippen LogP contribution in [0.3, 0.4) is 0 Å². The molecule has 6 heteroatoms. The summed E-state index contributed by atoms with van der Waals surface area (Å²) in [6.45, 7) is 0. The zero-order valence-electron chi connectivity index (χ0n) is 6.16. The Morgan fingerprint density at radius 2 is 2.15 bits per heavy atom. The maximum atomic E-state index is 13.1.